The van der Waals surface area contributed by atoms with Crippen molar-refractivity contribution >= 4 is 23.2 Å². The third kappa shape index (κ3) is 4.14. The van der Waals surface area contributed by atoms with E-state index in [0.29, 0.717) is 6.42 Å². The fraction of sp³-hybridized carbons (Fsp3) is 0.462. The van der Waals surface area contributed by atoms with Crippen LogP contribution in [0.2, 0.25) is 0 Å². The molecule has 1 aliphatic rings. The van der Waals surface area contributed by atoms with Crippen molar-refractivity contribution in [2.24, 2.45) is 10.8 Å². The van der Waals surface area contributed by atoms with Crippen molar-refractivity contribution in [2.75, 3.05) is 9.80 Å². The minimum absolute atomic E-state index is 0.0180. The summed E-state index contributed by atoms with van der Waals surface area (Å²) in [5.74, 6) is 0.186. The molecule has 0 radical (unpaired) electrons. The van der Waals surface area contributed by atoms with Crippen LogP contribution in [0.15, 0.2) is 54.6 Å². The van der Waals surface area contributed by atoms with Gasteiger partial charge in [0.05, 0.1) is 6.04 Å². The summed E-state index contributed by atoms with van der Waals surface area (Å²) in [5, 5.41) is 0. The number of hydrogen-bond donors (Lipinski definition) is 0. The van der Waals surface area contributed by atoms with Gasteiger partial charge in [0.25, 0.3) is 0 Å². The van der Waals surface area contributed by atoms with E-state index in [1.807, 2.05) is 99.9 Å². The first kappa shape index (κ1) is 22.1. The van der Waals surface area contributed by atoms with Crippen molar-refractivity contribution in [1.29, 1.82) is 0 Å². The average Bonchev–Trinajstić information content (AvgIpc) is 2.67. The molecule has 2 amide bonds. The molecule has 30 heavy (non-hydrogen) atoms. The number of para-hydroxylation sites is 2. The second-order valence-electron chi connectivity index (χ2n) is 10.3. The van der Waals surface area contributed by atoms with Crippen LogP contribution in [0.5, 0.6) is 0 Å². The smallest absolute Gasteiger partial charge is 0.232 e. The van der Waals surface area contributed by atoms with E-state index in [4.69, 9.17) is 0 Å². The third-order valence-corrected chi connectivity index (χ3v) is 5.63. The fourth-order valence-corrected chi connectivity index (χ4v) is 4.09. The molecule has 0 saturated carbocycles. The molecule has 1 heterocycles. The molecule has 2 aromatic carbocycles. The fourth-order valence-electron chi connectivity index (χ4n) is 4.09. The van der Waals surface area contributed by atoms with Crippen LogP contribution in [0.25, 0.3) is 0 Å². The standard InChI is InChI=1S/C26H34N2O2/c1-18-17-22(28(24(30)26(5,6)7)19-13-9-8-10-14-19)20-15-11-12-16-21(20)27(18)23(29)25(2,3)4/h8-16,18,22H,17H2,1-7H3/t18-,22+/m1/s1. The summed E-state index contributed by atoms with van der Waals surface area (Å²) in [6, 6.07) is 17.7. The first-order chi connectivity index (χ1) is 13.9. The zero-order valence-electron chi connectivity index (χ0n) is 19.3. The second-order valence-corrected chi connectivity index (χ2v) is 10.3. The van der Waals surface area contributed by atoms with Crippen LogP contribution in [-0.4, -0.2) is 17.9 Å². The Labute approximate surface area is 180 Å². The molecule has 0 unspecified atom stereocenters. The Hall–Kier alpha value is -2.62. The van der Waals surface area contributed by atoms with E-state index in [9.17, 15) is 9.59 Å². The Morgan fingerprint density at radius 2 is 1.43 bits per heavy atom. The summed E-state index contributed by atoms with van der Waals surface area (Å²) in [6.45, 7) is 13.8. The molecule has 160 valence electrons. The van der Waals surface area contributed by atoms with E-state index in [1.54, 1.807) is 0 Å². The maximum absolute atomic E-state index is 13.6. The molecule has 0 N–H and O–H groups in total. The topological polar surface area (TPSA) is 40.6 Å². The maximum Gasteiger partial charge on any atom is 0.232 e. The molecule has 4 heteroatoms. The first-order valence-corrected chi connectivity index (χ1v) is 10.7. The summed E-state index contributed by atoms with van der Waals surface area (Å²) in [6.07, 6.45) is 0.690. The third-order valence-electron chi connectivity index (χ3n) is 5.63. The van der Waals surface area contributed by atoms with Crippen molar-refractivity contribution in [1.82, 2.24) is 0 Å². The molecular formula is C26H34N2O2. The molecule has 2 aromatic rings. The molecule has 3 rings (SSSR count). The van der Waals surface area contributed by atoms with E-state index in [2.05, 4.69) is 13.0 Å². The summed E-state index contributed by atoms with van der Waals surface area (Å²) in [5.41, 5.74) is 1.82. The summed E-state index contributed by atoms with van der Waals surface area (Å²) in [7, 11) is 0. The molecule has 0 spiro atoms. The molecule has 0 saturated heterocycles. The quantitative estimate of drug-likeness (QED) is 0.616. The number of carbonyl (C=O) groups is 2. The summed E-state index contributed by atoms with van der Waals surface area (Å²) < 4.78 is 0. The number of rotatable bonds is 2. The van der Waals surface area contributed by atoms with Crippen LogP contribution in [0.3, 0.4) is 0 Å². The molecule has 2 atom stereocenters. The van der Waals surface area contributed by atoms with Crippen molar-refractivity contribution in [3.05, 3.63) is 60.2 Å². The predicted molar refractivity (Wildman–Crippen MR) is 124 cm³/mol. The molecule has 0 fully saturated rings. The van der Waals surface area contributed by atoms with Gasteiger partial charge in [-0.05, 0) is 37.1 Å². The largest absolute Gasteiger partial charge is 0.309 e. The van der Waals surface area contributed by atoms with Gasteiger partial charge in [-0.15, -0.1) is 0 Å². The molecule has 0 aromatic heterocycles. The monoisotopic (exact) mass is 406 g/mol. The Morgan fingerprint density at radius 3 is 2.00 bits per heavy atom. The highest BCUT2D eigenvalue weighted by Gasteiger charge is 2.42. The number of hydrogen-bond acceptors (Lipinski definition) is 2. The van der Waals surface area contributed by atoms with Gasteiger partial charge in [0.15, 0.2) is 0 Å². The van der Waals surface area contributed by atoms with Gasteiger partial charge < -0.3 is 9.80 Å². The number of carbonyl (C=O) groups excluding carboxylic acids is 2. The van der Waals surface area contributed by atoms with Crippen LogP contribution in [-0.2, 0) is 9.59 Å². The Kier molecular flexibility index (Phi) is 5.81. The highest BCUT2D eigenvalue weighted by Crippen LogP contribution is 2.44. The molecular weight excluding hydrogens is 372 g/mol. The Morgan fingerprint density at radius 1 is 0.867 bits per heavy atom. The van der Waals surface area contributed by atoms with Gasteiger partial charge in [0.1, 0.15) is 0 Å². The summed E-state index contributed by atoms with van der Waals surface area (Å²) >= 11 is 0. The number of anilines is 2. The van der Waals surface area contributed by atoms with Gasteiger partial charge in [-0.2, -0.15) is 0 Å². The van der Waals surface area contributed by atoms with Crippen LogP contribution >= 0.6 is 0 Å². The van der Waals surface area contributed by atoms with Gasteiger partial charge in [-0.1, -0.05) is 77.9 Å². The minimum atomic E-state index is -0.521. The lowest BCUT2D eigenvalue weighted by Crippen LogP contribution is -2.52. The minimum Gasteiger partial charge on any atom is -0.309 e. The second kappa shape index (κ2) is 7.90. The number of fused-ring (bicyclic) bond motifs is 1. The van der Waals surface area contributed by atoms with E-state index in [1.165, 1.54) is 0 Å². The lowest BCUT2D eigenvalue weighted by atomic mass is 9.85. The van der Waals surface area contributed by atoms with E-state index in [-0.39, 0.29) is 23.9 Å². The maximum atomic E-state index is 13.6. The highest BCUT2D eigenvalue weighted by atomic mass is 16.2. The number of nitrogens with zero attached hydrogens (tertiary/aromatic N) is 2. The van der Waals surface area contributed by atoms with E-state index < -0.39 is 10.8 Å². The van der Waals surface area contributed by atoms with Crippen LogP contribution in [0, 0.1) is 10.8 Å². The van der Waals surface area contributed by atoms with Crippen LogP contribution in [0.1, 0.15) is 66.5 Å². The average molecular weight is 407 g/mol. The zero-order valence-corrected chi connectivity index (χ0v) is 19.3. The van der Waals surface area contributed by atoms with Crippen molar-refractivity contribution in [3.8, 4) is 0 Å². The van der Waals surface area contributed by atoms with Crippen LogP contribution in [0.4, 0.5) is 11.4 Å². The van der Waals surface area contributed by atoms with Crippen LogP contribution < -0.4 is 9.80 Å². The van der Waals surface area contributed by atoms with Crippen molar-refractivity contribution in [3.63, 3.8) is 0 Å². The zero-order chi connectivity index (χ0) is 22.3. The normalized spacial score (nSPS) is 19.2. The lowest BCUT2D eigenvalue weighted by Gasteiger charge is -2.46. The Bertz CT molecular complexity index is 922. The van der Waals surface area contributed by atoms with Gasteiger partial charge >= 0.3 is 0 Å². The van der Waals surface area contributed by atoms with Gasteiger partial charge in [-0.3, -0.25) is 9.59 Å². The SMILES string of the molecule is C[C@@H]1C[C@H](N(C(=O)C(C)(C)C)c2ccccc2)c2ccccc2N1C(=O)C(C)(C)C. The number of benzene rings is 2. The predicted octanol–water partition coefficient (Wildman–Crippen LogP) is 5.98. The van der Waals surface area contributed by atoms with Crippen molar-refractivity contribution in [2.45, 2.75) is 67.0 Å². The first-order valence-electron chi connectivity index (χ1n) is 10.7. The molecule has 1 aliphatic heterocycles. The number of amides is 2. The van der Waals surface area contributed by atoms with Gasteiger partial charge in [0, 0.05) is 28.2 Å². The molecule has 4 nitrogen and oxygen atoms in total. The van der Waals surface area contributed by atoms with E-state index in [0.717, 1.165) is 16.9 Å². The lowest BCUT2D eigenvalue weighted by molar-refractivity contribution is -0.126. The van der Waals surface area contributed by atoms with Gasteiger partial charge in [-0.25, -0.2) is 0 Å². The highest BCUT2D eigenvalue weighted by molar-refractivity contribution is 6.01. The van der Waals surface area contributed by atoms with Crippen molar-refractivity contribution < 1.29 is 9.59 Å². The molecule has 0 aliphatic carbocycles. The van der Waals surface area contributed by atoms with Gasteiger partial charge in [0.2, 0.25) is 11.8 Å². The Balaban J connectivity index is 2.16. The summed E-state index contributed by atoms with van der Waals surface area (Å²) in [4.78, 5) is 30.7. The molecule has 0 bridgehead atoms. The van der Waals surface area contributed by atoms with E-state index >= 15 is 0 Å².